The highest BCUT2D eigenvalue weighted by Gasteiger charge is 2.28. The molecular weight excluding hydrogens is 300 g/mol. The Kier molecular flexibility index (Phi) is 3.88. The summed E-state index contributed by atoms with van der Waals surface area (Å²) < 4.78 is 5.90. The van der Waals surface area contributed by atoms with Crippen LogP contribution >= 0.6 is 15.9 Å². The third-order valence-electron chi connectivity index (χ3n) is 3.51. The molecule has 1 nitrogen and oxygen atoms in total. The summed E-state index contributed by atoms with van der Waals surface area (Å²) in [4.78, 5) is 0.648. The van der Waals surface area contributed by atoms with Gasteiger partial charge in [-0.05, 0) is 42.5 Å². The molecule has 0 unspecified atom stereocenters. The van der Waals surface area contributed by atoms with E-state index in [4.69, 9.17) is 4.74 Å². The first-order valence-corrected chi connectivity index (χ1v) is 7.65. The zero-order valence-corrected chi connectivity index (χ0v) is 12.3. The van der Waals surface area contributed by atoms with Crippen molar-refractivity contribution in [3.8, 4) is 5.75 Å². The van der Waals surface area contributed by atoms with Crippen LogP contribution in [0.25, 0.3) is 0 Å². The SMILES string of the molecule is BrC1CC(Oc2ccc(Cc3ccccc3)cc2)C1. The van der Waals surface area contributed by atoms with E-state index < -0.39 is 0 Å². The standard InChI is InChI=1S/C17H17BrO/c18-15-11-17(12-15)19-16-8-6-14(7-9-16)10-13-4-2-1-3-5-13/h1-9,15,17H,10-12H2. The molecule has 0 radical (unpaired) electrons. The predicted octanol–water partition coefficient (Wildman–Crippen LogP) is 4.58. The van der Waals surface area contributed by atoms with Gasteiger partial charge in [-0.1, -0.05) is 58.4 Å². The largest absolute Gasteiger partial charge is 0.490 e. The summed E-state index contributed by atoms with van der Waals surface area (Å²) in [5, 5.41) is 0. The molecule has 1 aliphatic carbocycles. The average molecular weight is 317 g/mol. The highest BCUT2D eigenvalue weighted by atomic mass is 79.9. The van der Waals surface area contributed by atoms with Gasteiger partial charge in [-0.3, -0.25) is 0 Å². The quantitative estimate of drug-likeness (QED) is 0.750. The average Bonchev–Trinajstić information content (AvgIpc) is 2.40. The molecule has 3 rings (SSSR count). The normalized spacial score (nSPS) is 21.7. The third kappa shape index (κ3) is 3.38. The molecule has 0 atom stereocenters. The lowest BCUT2D eigenvalue weighted by atomic mass is 9.96. The summed E-state index contributed by atoms with van der Waals surface area (Å²) in [7, 11) is 0. The van der Waals surface area contributed by atoms with Gasteiger partial charge in [0.15, 0.2) is 0 Å². The van der Waals surface area contributed by atoms with Crippen LogP contribution in [0.1, 0.15) is 24.0 Å². The highest BCUT2D eigenvalue weighted by Crippen LogP contribution is 2.31. The van der Waals surface area contributed by atoms with Crippen molar-refractivity contribution < 1.29 is 4.74 Å². The molecule has 2 heteroatoms. The van der Waals surface area contributed by atoms with E-state index in [1.807, 2.05) is 0 Å². The minimum atomic E-state index is 0.393. The van der Waals surface area contributed by atoms with Gasteiger partial charge in [0, 0.05) is 4.83 Å². The van der Waals surface area contributed by atoms with E-state index in [9.17, 15) is 0 Å². The molecule has 0 aromatic heterocycles. The Bertz CT molecular complexity index is 515. The molecule has 0 heterocycles. The van der Waals surface area contributed by atoms with Crippen molar-refractivity contribution in [1.82, 2.24) is 0 Å². The first-order valence-electron chi connectivity index (χ1n) is 6.73. The van der Waals surface area contributed by atoms with E-state index in [0.29, 0.717) is 10.9 Å². The van der Waals surface area contributed by atoms with Gasteiger partial charge >= 0.3 is 0 Å². The van der Waals surface area contributed by atoms with Crippen LogP contribution in [0.15, 0.2) is 54.6 Å². The Morgan fingerprint density at radius 3 is 2.16 bits per heavy atom. The first kappa shape index (κ1) is 12.7. The molecule has 1 fully saturated rings. The fourth-order valence-electron chi connectivity index (χ4n) is 2.31. The lowest BCUT2D eigenvalue weighted by molar-refractivity contribution is 0.128. The van der Waals surface area contributed by atoms with Crippen molar-refractivity contribution in [2.45, 2.75) is 30.2 Å². The van der Waals surface area contributed by atoms with Crippen LogP contribution in [0.3, 0.4) is 0 Å². The van der Waals surface area contributed by atoms with Gasteiger partial charge in [0.25, 0.3) is 0 Å². The first-order chi connectivity index (χ1) is 9.29. The minimum Gasteiger partial charge on any atom is -0.490 e. The number of hydrogen-bond donors (Lipinski definition) is 0. The summed E-state index contributed by atoms with van der Waals surface area (Å²) in [6.45, 7) is 0. The van der Waals surface area contributed by atoms with Gasteiger partial charge in [-0.2, -0.15) is 0 Å². The van der Waals surface area contributed by atoms with Gasteiger partial charge in [0.05, 0.1) is 0 Å². The number of alkyl halides is 1. The molecule has 19 heavy (non-hydrogen) atoms. The molecule has 0 saturated heterocycles. The molecule has 98 valence electrons. The van der Waals surface area contributed by atoms with Crippen LogP contribution in [-0.4, -0.2) is 10.9 Å². The maximum Gasteiger partial charge on any atom is 0.119 e. The Hall–Kier alpha value is -1.28. The molecule has 1 saturated carbocycles. The fourth-order valence-corrected chi connectivity index (χ4v) is 3.14. The molecule has 2 aromatic carbocycles. The van der Waals surface area contributed by atoms with E-state index >= 15 is 0 Å². The number of halogens is 1. The Labute approximate surface area is 122 Å². The van der Waals surface area contributed by atoms with Crippen LogP contribution in [0.5, 0.6) is 5.75 Å². The zero-order valence-electron chi connectivity index (χ0n) is 10.8. The van der Waals surface area contributed by atoms with Gasteiger partial charge < -0.3 is 4.74 Å². The van der Waals surface area contributed by atoms with Crippen LogP contribution < -0.4 is 4.74 Å². The molecule has 0 bridgehead atoms. The number of rotatable bonds is 4. The van der Waals surface area contributed by atoms with E-state index in [2.05, 4.69) is 70.5 Å². The summed E-state index contributed by atoms with van der Waals surface area (Å²) in [5.74, 6) is 0.987. The monoisotopic (exact) mass is 316 g/mol. The molecule has 0 spiro atoms. The molecule has 0 N–H and O–H groups in total. The smallest absolute Gasteiger partial charge is 0.119 e. The van der Waals surface area contributed by atoms with E-state index in [0.717, 1.165) is 25.0 Å². The summed E-state index contributed by atoms with van der Waals surface area (Å²) in [6.07, 6.45) is 3.61. The summed E-state index contributed by atoms with van der Waals surface area (Å²) in [5.41, 5.74) is 2.67. The molecule has 0 aliphatic heterocycles. The predicted molar refractivity (Wildman–Crippen MR) is 82.1 cm³/mol. The number of benzene rings is 2. The lowest BCUT2D eigenvalue weighted by Crippen LogP contribution is -2.33. The Morgan fingerprint density at radius 2 is 1.53 bits per heavy atom. The van der Waals surface area contributed by atoms with Crippen LogP contribution in [0, 0.1) is 0 Å². The van der Waals surface area contributed by atoms with Crippen LogP contribution in [0.4, 0.5) is 0 Å². The lowest BCUT2D eigenvalue weighted by Gasteiger charge is -2.31. The van der Waals surface area contributed by atoms with Crippen LogP contribution in [-0.2, 0) is 6.42 Å². The molecule has 0 amide bonds. The van der Waals surface area contributed by atoms with Gasteiger partial charge in [-0.25, -0.2) is 0 Å². The van der Waals surface area contributed by atoms with Crippen molar-refractivity contribution in [2.75, 3.05) is 0 Å². The number of ether oxygens (including phenoxy) is 1. The zero-order chi connectivity index (χ0) is 13.1. The topological polar surface area (TPSA) is 9.23 Å². The van der Waals surface area contributed by atoms with Crippen molar-refractivity contribution >= 4 is 15.9 Å². The van der Waals surface area contributed by atoms with E-state index in [-0.39, 0.29) is 0 Å². The summed E-state index contributed by atoms with van der Waals surface area (Å²) >= 11 is 3.58. The third-order valence-corrected chi connectivity index (χ3v) is 4.26. The maximum absolute atomic E-state index is 5.90. The molecular formula is C17H17BrO. The van der Waals surface area contributed by atoms with Crippen LogP contribution in [0.2, 0.25) is 0 Å². The van der Waals surface area contributed by atoms with Gasteiger partial charge in [0.1, 0.15) is 11.9 Å². The molecule has 2 aromatic rings. The van der Waals surface area contributed by atoms with E-state index in [1.165, 1.54) is 11.1 Å². The van der Waals surface area contributed by atoms with Gasteiger partial charge in [-0.15, -0.1) is 0 Å². The van der Waals surface area contributed by atoms with E-state index in [1.54, 1.807) is 0 Å². The van der Waals surface area contributed by atoms with Crippen molar-refractivity contribution in [3.63, 3.8) is 0 Å². The second kappa shape index (κ2) is 5.79. The second-order valence-corrected chi connectivity index (χ2v) is 6.41. The Balaban J connectivity index is 1.59. The second-order valence-electron chi connectivity index (χ2n) is 5.11. The van der Waals surface area contributed by atoms with Crippen molar-refractivity contribution in [2.24, 2.45) is 0 Å². The fraction of sp³-hybridized carbons (Fsp3) is 0.294. The maximum atomic E-state index is 5.90. The highest BCUT2D eigenvalue weighted by molar-refractivity contribution is 9.09. The minimum absolute atomic E-state index is 0.393. The summed E-state index contributed by atoms with van der Waals surface area (Å²) in [6, 6.07) is 19.0. The number of hydrogen-bond acceptors (Lipinski definition) is 1. The van der Waals surface area contributed by atoms with Gasteiger partial charge in [0.2, 0.25) is 0 Å². The van der Waals surface area contributed by atoms with Crippen molar-refractivity contribution in [3.05, 3.63) is 65.7 Å². The molecule has 1 aliphatic rings. The van der Waals surface area contributed by atoms with Crippen molar-refractivity contribution in [1.29, 1.82) is 0 Å². The Morgan fingerprint density at radius 1 is 0.895 bits per heavy atom.